The number of hydrogen-bond donors (Lipinski definition) is 0. The number of nitrogens with zero attached hydrogens (tertiary/aromatic N) is 1. The fourth-order valence-corrected chi connectivity index (χ4v) is 3.41. The summed E-state index contributed by atoms with van der Waals surface area (Å²) in [5.74, 6) is 0.207. The molecular formula is C19H18ClNO3S. The van der Waals surface area contributed by atoms with Gasteiger partial charge in [0, 0.05) is 10.5 Å². The smallest absolute Gasteiger partial charge is 0.367 e. The normalized spacial score (nSPS) is 14.9. The summed E-state index contributed by atoms with van der Waals surface area (Å²) in [6, 6.07) is 11.2. The third kappa shape index (κ3) is 3.99. The molecule has 0 amide bonds. The minimum atomic E-state index is -0.552. The second-order valence-corrected chi connectivity index (χ2v) is 6.93. The molecule has 25 heavy (non-hydrogen) atoms. The average Bonchev–Trinajstić information content (AvgIpc) is 2.66. The molecule has 0 aliphatic heterocycles. The van der Waals surface area contributed by atoms with Gasteiger partial charge in [0.05, 0.1) is 23.4 Å². The third-order valence-corrected chi connectivity index (χ3v) is 5.17. The fourth-order valence-electron chi connectivity index (χ4n) is 2.78. The van der Waals surface area contributed by atoms with Crippen molar-refractivity contribution in [1.29, 1.82) is 0 Å². The van der Waals surface area contributed by atoms with E-state index in [-0.39, 0.29) is 0 Å². The molecule has 0 aromatic heterocycles. The third-order valence-electron chi connectivity index (χ3n) is 4.12. The molecule has 3 rings (SSSR count). The molecule has 0 heterocycles. The van der Waals surface area contributed by atoms with E-state index in [2.05, 4.69) is 5.16 Å². The number of rotatable bonds is 4. The Labute approximate surface area is 156 Å². The van der Waals surface area contributed by atoms with E-state index in [1.807, 2.05) is 30.5 Å². The van der Waals surface area contributed by atoms with Crippen LogP contribution in [0.5, 0.6) is 5.75 Å². The van der Waals surface area contributed by atoms with E-state index >= 15 is 0 Å². The Balaban J connectivity index is 1.85. The van der Waals surface area contributed by atoms with Gasteiger partial charge in [-0.3, -0.25) is 0 Å². The van der Waals surface area contributed by atoms with Crippen molar-refractivity contribution in [2.24, 2.45) is 5.16 Å². The van der Waals surface area contributed by atoms with Gasteiger partial charge in [-0.25, -0.2) is 4.79 Å². The quantitative estimate of drug-likeness (QED) is 0.430. The number of fused-ring (bicyclic) bond motifs is 1. The number of carbonyl (C=O) groups is 1. The summed E-state index contributed by atoms with van der Waals surface area (Å²) in [7, 11) is 1.63. The van der Waals surface area contributed by atoms with Crippen LogP contribution < -0.4 is 4.74 Å². The van der Waals surface area contributed by atoms with Crippen LogP contribution in [0.2, 0.25) is 5.02 Å². The van der Waals surface area contributed by atoms with Crippen LogP contribution in [0.3, 0.4) is 0 Å². The van der Waals surface area contributed by atoms with Gasteiger partial charge >= 0.3 is 5.97 Å². The van der Waals surface area contributed by atoms with Gasteiger partial charge in [0.25, 0.3) is 0 Å². The maximum Gasteiger partial charge on any atom is 0.367 e. The van der Waals surface area contributed by atoms with Crippen molar-refractivity contribution in [3.8, 4) is 5.75 Å². The number of thioether (sulfide) groups is 1. The highest BCUT2D eigenvalue weighted by molar-refractivity contribution is 7.98. The van der Waals surface area contributed by atoms with Gasteiger partial charge in [0.2, 0.25) is 0 Å². The van der Waals surface area contributed by atoms with Crippen LogP contribution in [0.15, 0.2) is 46.4 Å². The predicted octanol–water partition coefficient (Wildman–Crippen LogP) is 4.97. The van der Waals surface area contributed by atoms with E-state index in [9.17, 15) is 4.79 Å². The van der Waals surface area contributed by atoms with Gasteiger partial charge in [-0.05, 0) is 61.4 Å². The summed E-state index contributed by atoms with van der Waals surface area (Å²) < 4.78 is 5.28. The average molecular weight is 376 g/mol. The molecule has 0 saturated heterocycles. The predicted molar refractivity (Wildman–Crippen MR) is 101 cm³/mol. The first-order valence-corrected chi connectivity index (χ1v) is 9.51. The Kier molecular flexibility index (Phi) is 5.66. The first-order chi connectivity index (χ1) is 12.1. The highest BCUT2D eigenvalue weighted by atomic mass is 35.5. The van der Waals surface area contributed by atoms with Crippen LogP contribution in [0, 0.1) is 0 Å². The lowest BCUT2D eigenvalue weighted by molar-refractivity contribution is 0.0515. The van der Waals surface area contributed by atoms with Crippen molar-refractivity contribution in [3.05, 3.63) is 58.1 Å². The van der Waals surface area contributed by atoms with Gasteiger partial charge in [-0.1, -0.05) is 22.8 Å². The fraction of sp³-hybridized carbons (Fsp3) is 0.263. The zero-order valence-electron chi connectivity index (χ0n) is 14.0. The van der Waals surface area contributed by atoms with E-state index < -0.39 is 5.97 Å². The molecular weight excluding hydrogens is 358 g/mol. The molecule has 2 aromatic carbocycles. The summed E-state index contributed by atoms with van der Waals surface area (Å²) in [6.45, 7) is 0. The molecule has 0 spiro atoms. The molecule has 0 N–H and O–H groups in total. The SMILES string of the molecule is COc1ccc2c(c1)C(=NOC(=O)c1cc(SC)ccc1Cl)CCC2. The summed E-state index contributed by atoms with van der Waals surface area (Å²) in [5.41, 5.74) is 3.23. The summed E-state index contributed by atoms with van der Waals surface area (Å²) in [6.07, 6.45) is 4.64. The van der Waals surface area contributed by atoms with Gasteiger partial charge in [-0.2, -0.15) is 0 Å². The molecule has 0 fully saturated rings. The van der Waals surface area contributed by atoms with E-state index in [1.54, 1.807) is 19.2 Å². The van der Waals surface area contributed by atoms with Crippen LogP contribution in [-0.4, -0.2) is 25.0 Å². The number of benzene rings is 2. The molecule has 6 heteroatoms. The second kappa shape index (κ2) is 7.93. The zero-order chi connectivity index (χ0) is 17.8. The van der Waals surface area contributed by atoms with Crippen LogP contribution in [0.25, 0.3) is 0 Å². The molecule has 0 radical (unpaired) electrons. The van der Waals surface area contributed by atoms with Crippen molar-refractivity contribution < 1.29 is 14.4 Å². The number of carbonyl (C=O) groups excluding carboxylic acids is 1. The second-order valence-electron chi connectivity index (χ2n) is 5.64. The molecule has 4 nitrogen and oxygen atoms in total. The number of methoxy groups -OCH3 is 1. The molecule has 0 saturated carbocycles. The van der Waals surface area contributed by atoms with E-state index in [0.29, 0.717) is 10.6 Å². The Morgan fingerprint density at radius 3 is 2.80 bits per heavy atom. The Bertz CT molecular complexity index is 835. The molecule has 2 aromatic rings. The lowest BCUT2D eigenvalue weighted by Gasteiger charge is -2.18. The van der Waals surface area contributed by atoms with Crippen molar-refractivity contribution in [2.75, 3.05) is 13.4 Å². The van der Waals surface area contributed by atoms with Crippen LogP contribution >= 0.6 is 23.4 Å². The Morgan fingerprint density at radius 1 is 1.20 bits per heavy atom. The molecule has 0 unspecified atom stereocenters. The number of aryl methyl sites for hydroxylation is 1. The first kappa shape index (κ1) is 17.8. The largest absolute Gasteiger partial charge is 0.497 e. The Hall–Kier alpha value is -1.98. The van der Waals surface area contributed by atoms with Crippen LogP contribution in [0.4, 0.5) is 0 Å². The standard InChI is InChI=1S/C19H18ClNO3S/c1-23-13-7-6-12-4-3-5-18(15(12)10-13)21-24-19(22)16-11-14(25-2)8-9-17(16)20/h6-11H,3-5H2,1-2H3. The maximum absolute atomic E-state index is 12.4. The summed E-state index contributed by atoms with van der Waals surface area (Å²) >= 11 is 7.65. The van der Waals surface area contributed by atoms with E-state index in [0.717, 1.165) is 41.2 Å². The zero-order valence-corrected chi connectivity index (χ0v) is 15.6. The van der Waals surface area contributed by atoms with Gasteiger partial charge in [-0.15, -0.1) is 11.8 Å². The summed E-state index contributed by atoms with van der Waals surface area (Å²) in [4.78, 5) is 18.5. The monoisotopic (exact) mass is 375 g/mol. The minimum Gasteiger partial charge on any atom is -0.497 e. The number of oxime groups is 1. The lowest BCUT2D eigenvalue weighted by atomic mass is 9.90. The number of hydrogen-bond acceptors (Lipinski definition) is 5. The molecule has 130 valence electrons. The van der Waals surface area contributed by atoms with Gasteiger partial charge in [0.1, 0.15) is 5.75 Å². The molecule has 1 aliphatic rings. The van der Waals surface area contributed by atoms with Crippen molar-refractivity contribution in [2.45, 2.75) is 24.2 Å². The molecule has 0 bridgehead atoms. The highest BCUT2D eigenvalue weighted by Crippen LogP contribution is 2.27. The van der Waals surface area contributed by atoms with Crippen molar-refractivity contribution in [3.63, 3.8) is 0 Å². The van der Waals surface area contributed by atoms with Crippen molar-refractivity contribution in [1.82, 2.24) is 0 Å². The maximum atomic E-state index is 12.4. The van der Waals surface area contributed by atoms with Crippen LogP contribution in [-0.2, 0) is 11.3 Å². The molecule has 0 atom stereocenters. The van der Waals surface area contributed by atoms with Gasteiger partial charge < -0.3 is 9.57 Å². The number of ether oxygens (including phenoxy) is 1. The highest BCUT2D eigenvalue weighted by Gasteiger charge is 2.19. The minimum absolute atomic E-state index is 0.319. The lowest BCUT2D eigenvalue weighted by Crippen LogP contribution is -2.14. The number of halogens is 1. The van der Waals surface area contributed by atoms with E-state index in [4.69, 9.17) is 21.2 Å². The summed E-state index contributed by atoms with van der Waals surface area (Å²) in [5, 5.41) is 4.47. The molecule has 1 aliphatic carbocycles. The van der Waals surface area contributed by atoms with E-state index in [1.165, 1.54) is 17.3 Å². The van der Waals surface area contributed by atoms with Crippen LogP contribution in [0.1, 0.15) is 34.3 Å². The van der Waals surface area contributed by atoms with Crippen molar-refractivity contribution >= 4 is 35.0 Å². The van der Waals surface area contributed by atoms with Gasteiger partial charge in [0.15, 0.2) is 0 Å². The Morgan fingerprint density at radius 2 is 2.04 bits per heavy atom. The first-order valence-electron chi connectivity index (χ1n) is 7.91. The topological polar surface area (TPSA) is 47.9 Å².